The Balaban J connectivity index is 1.60. The summed E-state index contributed by atoms with van der Waals surface area (Å²) in [5.74, 6) is 0.652. The predicted molar refractivity (Wildman–Crippen MR) is 118 cm³/mol. The van der Waals surface area contributed by atoms with Gasteiger partial charge in [0.25, 0.3) is 11.8 Å². The van der Waals surface area contributed by atoms with Crippen molar-refractivity contribution in [3.8, 4) is 11.5 Å². The number of rotatable bonds is 5. The van der Waals surface area contributed by atoms with Crippen LogP contribution in [0.15, 0.2) is 71.2 Å². The summed E-state index contributed by atoms with van der Waals surface area (Å²) in [6.07, 6.45) is 0. The van der Waals surface area contributed by atoms with Gasteiger partial charge in [-0.25, -0.2) is 0 Å². The summed E-state index contributed by atoms with van der Waals surface area (Å²) < 4.78 is 11.8. The minimum Gasteiger partial charge on any atom is -0.496 e. The number of hydrogen-bond acceptors (Lipinski definition) is 4. The second-order valence-corrected chi connectivity index (χ2v) is 7.65. The largest absolute Gasteiger partial charge is 0.496 e. The van der Waals surface area contributed by atoms with E-state index in [9.17, 15) is 9.59 Å². The lowest BCUT2D eigenvalue weighted by molar-refractivity contribution is -0.121. The maximum Gasteiger partial charge on any atom is 0.265 e. The highest BCUT2D eigenvalue weighted by Gasteiger charge is 2.26. The SMILES string of the molecule is COc1ccccc1C(=O)Nc1ccc2c(c1)N(Cc1ccc(Br)cc1)C(=O)CO2. The van der Waals surface area contributed by atoms with Crippen LogP contribution in [0.5, 0.6) is 11.5 Å². The van der Waals surface area contributed by atoms with Gasteiger partial charge in [0, 0.05) is 10.2 Å². The molecule has 0 atom stereocenters. The van der Waals surface area contributed by atoms with Gasteiger partial charge >= 0.3 is 0 Å². The molecule has 0 saturated heterocycles. The predicted octanol–water partition coefficient (Wildman–Crippen LogP) is 4.64. The van der Waals surface area contributed by atoms with Gasteiger partial charge in [0.1, 0.15) is 11.5 Å². The number of methoxy groups -OCH3 is 1. The molecule has 1 heterocycles. The highest BCUT2D eigenvalue weighted by atomic mass is 79.9. The average molecular weight is 467 g/mol. The molecule has 0 fully saturated rings. The molecule has 1 aliphatic heterocycles. The van der Waals surface area contributed by atoms with Crippen LogP contribution >= 0.6 is 15.9 Å². The first-order chi connectivity index (χ1) is 14.5. The lowest BCUT2D eigenvalue weighted by Crippen LogP contribution is -2.38. The molecule has 0 saturated carbocycles. The highest BCUT2D eigenvalue weighted by molar-refractivity contribution is 9.10. The minimum absolute atomic E-state index is 0.0174. The fourth-order valence-electron chi connectivity index (χ4n) is 3.26. The summed E-state index contributed by atoms with van der Waals surface area (Å²) >= 11 is 3.42. The van der Waals surface area contributed by atoms with E-state index in [0.717, 1.165) is 10.0 Å². The van der Waals surface area contributed by atoms with Crippen molar-refractivity contribution in [2.75, 3.05) is 23.9 Å². The van der Waals surface area contributed by atoms with E-state index in [2.05, 4.69) is 21.2 Å². The molecule has 1 aliphatic rings. The van der Waals surface area contributed by atoms with Crippen LogP contribution in [-0.4, -0.2) is 25.5 Å². The first kappa shape index (κ1) is 20.0. The van der Waals surface area contributed by atoms with Gasteiger partial charge in [0.2, 0.25) is 0 Å². The van der Waals surface area contributed by atoms with Gasteiger partial charge < -0.3 is 19.7 Å². The van der Waals surface area contributed by atoms with E-state index >= 15 is 0 Å². The maximum absolute atomic E-state index is 12.7. The Kier molecular flexibility index (Phi) is 5.72. The molecule has 0 bridgehead atoms. The second-order valence-electron chi connectivity index (χ2n) is 6.73. The standard InChI is InChI=1S/C23H19BrN2O4/c1-29-20-5-3-2-4-18(20)23(28)25-17-10-11-21-19(12-17)26(22(27)14-30-21)13-15-6-8-16(24)9-7-15/h2-12H,13-14H2,1H3,(H,25,28). The molecule has 152 valence electrons. The smallest absolute Gasteiger partial charge is 0.265 e. The first-order valence-electron chi connectivity index (χ1n) is 9.31. The number of amides is 2. The van der Waals surface area contributed by atoms with Crippen molar-refractivity contribution >= 4 is 39.1 Å². The fraction of sp³-hybridized carbons (Fsp3) is 0.130. The van der Waals surface area contributed by atoms with Gasteiger partial charge in [-0.3, -0.25) is 9.59 Å². The van der Waals surface area contributed by atoms with Crippen LogP contribution in [0.1, 0.15) is 15.9 Å². The monoisotopic (exact) mass is 466 g/mol. The fourth-order valence-corrected chi connectivity index (χ4v) is 3.52. The van der Waals surface area contributed by atoms with Crippen LogP contribution in [0.4, 0.5) is 11.4 Å². The Labute approximate surface area is 182 Å². The summed E-state index contributed by atoms with van der Waals surface area (Å²) in [5, 5.41) is 2.87. The lowest BCUT2D eigenvalue weighted by Gasteiger charge is -2.30. The number of hydrogen-bond donors (Lipinski definition) is 1. The van der Waals surface area contributed by atoms with Crippen molar-refractivity contribution in [2.24, 2.45) is 0 Å². The molecule has 0 aliphatic carbocycles. The topological polar surface area (TPSA) is 67.9 Å². The molecule has 30 heavy (non-hydrogen) atoms. The van der Waals surface area contributed by atoms with Gasteiger partial charge in [-0.2, -0.15) is 0 Å². The summed E-state index contributed by atoms with van der Waals surface area (Å²) in [4.78, 5) is 26.9. The molecule has 0 spiro atoms. The van der Waals surface area contributed by atoms with Crippen molar-refractivity contribution < 1.29 is 19.1 Å². The zero-order valence-corrected chi connectivity index (χ0v) is 17.8. The number of para-hydroxylation sites is 1. The van der Waals surface area contributed by atoms with Crippen LogP contribution < -0.4 is 19.7 Å². The zero-order valence-electron chi connectivity index (χ0n) is 16.2. The Morgan fingerprint density at radius 3 is 2.67 bits per heavy atom. The summed E-state index contributed by atoms with van der Waals surface area (Å²) in [5.41, 5.74) is 2.59. The van der Waals surface area contributed by atoms with Crippen LogP contribution in [0.25, 0.3) is 0 Å². The summed E-state index contributed by atoms with van der Waals surface area (Å²) in [6.45, 7) is 0.392. The van der Waals surface area contributed by atoms with Crippen LogP contribution in [0.2, 0.25) is 0 Å². The third kappa shape index (κ3) is 4.16. The Bertz CT molecular complexity index is 1100. The molecule has 3 aromatic carbocycles. The maximum atomic E-state index is 12.7. The van der Waals surface area contributed by atoms with Crippen molar-refractivity contribution in [1.29, 1.82) is 0 Å². The van der Waals surface area contributed by atoms with Gasteiger partial charge in [-0.05, 0) is 48.0 Å². The Hall–Kier alpha value is -3.32. The number of benzene rings is 3. The molecule has 2 amide bonds. The van der Waals surface area contributed by atoms with Crippen LogP contribution in [-0.2, 0) is 11.3 Å². The van der Waals surface area contributed by atoms with E-state index < -0.39 is 0 Å². The van der Waals surface area contributed by atoms with Crippen molar-refractivity contribution in [3.63, 3.8) is 0 Å². The van der Waals surface area contributed by atoms with E-state index in [4.69, 9.17) is 9.47 Å². The van der Waals surface area contributed by atoms with Gasteiger partial charge in [0.05, 0.1) is 24.9 Å². The third-order valence-corrected chi connectivity index (χ3v) is 5.29. The lowest BCUT2D eigenvalue weighted by atomic mass is 10.1. The summed E-state index contributed by atoms with van der Waals surface area (Å²) in [6, 6.07) is 20.0. The van der Waals surface area contributed by atoms with E-state index in [1.807, 2.05) is 24.3 Å². The molecule has 0 unspecified atom stereocenters. The Morgan fingerprint density at radius 1 is 1.13 bits per heavy atom. The molecule has 1 N–H and O–H groups in total. The number of nitrogens with one attached hydrogen (secondary N) is 1. The molecule has 4 rings (SSSR count). The quantitative estimate of drug-likeness (QED) is 0.594. The number of carbonyl (C=O) groups is 2. The number of nitrogens with zero attached hydrogens (tertiary/aromatic N) is 1. The van der Waals surface area contributed by atoms with E-state index in [0.29, 0.717) is 35.0 Å². The van der Waals surface area contributed by atoms with E-state index in [1.54, 1.807) is 47.4 Å². The van der Waals surface area contributed by atoms with Crippen molar-refractivity contribution in [1.82, 2.24) is 0 Å². The van der Waals surface area contributed by atoms with E-state index in [1.165, 1.54) is 7.11 Å². The van der Waals surface area contributed by atoms with Gasteiger partial charge in [0.15, 0.2) is 6.61 Å². The van der Waals surface area contributed by atoms with Gasteiger partial charge in [-0.15, -0.1) is 0 Å². The van der Waals surface area contributed by atoms with Crippen molar-refractivity contribution in [3.05, 3.63) is 82.3 Å². The number of anilines is 2. The molecular weight excluding hydrogens is 448 g/mol. The second kappa shape index (κ2) is 8.59. The minimum atomic E-state index is -0.296. The van der Waals surface area contributed by atoms with Crippen LogP contribution in [0.3, 0.4) is 0 Å². The third-order valence-electron chi connectivity index (χ3n) is 4.77. The van der Waals surface area contributed by atoms with Crippen LogP contribution in [0, 0.1) is 0 Å². The molecule has 7 heteroatoms. The zero-order chi connectivity index (χ0) is 21.1. The molecule has 3 aromatic rings. The first-order valence-corrected chi connectivity index (χ1v) is 10.1. The summed E-state index contributed by atoms with van der Waals surface area (Å²) in [7, 11) is 1.52. The normalized spacial score (nSPS) is 12.7. The van der Waals surface area contributed by atoms with Gasteiger partial charge in [-0.1, -0.05) is 40.2 Å². The number of ether oxygens (including phenoxy) is 2. The molecule has 6 nitrogen and oxygen atoms in total. The number of carbonyl (C=O) groups excluding carboxylic acids is 2. The number of halogens is 1. The average Bonchev–Trinajstić information content (AvgIpc) is 2.77. The molecule has 0 aromatic heterocycles. The highest BCUT2D eigenvalue weighted by Crippen LogP contribution is 2.36. The number of fused-ring (bicyclic) bond motifs is 1. The molecule has 0 radical (unpaired) electrons. The Morgan fingerprint density at radius 2 is 1.90 bits per heavy atom. The molecular formula is C23H19BrN2O4. The van der Waals surface area contributed by atoms with E-state index in [-0.39, 0.29) is 18.4 Å². The van der Waals surface area contributed by atoms with Crippen molar-refractivity contribution in [2.45, 2.75) is 6.54 Å².